The van der Waals surface area contributed by atoms with Crippen molar-refractivity contribution >= 4 is 23.6 Å². The summed E-state index contributed by atoms with van der Waals surface area (Å²) in [6.07, 6.45) is 0. The molecule has 1 heterocycles. The molecule has 1 rings (SSSR count). The van der Waals surface area contributed by atoms with Gasteiger partial charge in [0, 0.05) is 19.3 Å². The van der Waals surface area contributed by atoms with Crippen LogP contribution in [0.25, 0.3) is 0 Å². The molecule has 1 aromatic heterocycles. The minimum absolute atomic E-state index is 0.00890. The van der Waals surface area contributed by atoms with E-state index < -0.39 is 17.4 Å². The number of carbonyl (C=O) groups is 2. The first-order valence-electron chi connectivity index (χ1n) is 5.96. The number of carboxylic acid groups (broad SMARTS) is 1. The molecule has 1 aromatic rings. The van der Waals surface area contributed by atoms with Gasteiger partial charge < -0.3 is 10.4 Å². The molecule has 0 saturated heterocycles. The summed E-state index contributed by atoms with van der Waals surface area (Å²) in [5.74, 6) is -0.882. The summed E-state index contributed by atoms with van der Waals surface area (Å²) in [6, 6.07) is 0. The highest BCUT2D eigenvalue weighted by Crippen LogP contribution is 2.05. The van der Waals surface area contributed by atoms with E-state index in [1.165, 1.54) is 18.8 Å². The maximum atomic E-state index is 12.0. The fraction of sp³-hybridized carbons (Fsp3) is 0.500. The van der Waals surface area contributed by atoms with Gasteiger partial charge in [0.15, 0.2) is 0 Å². The highest BCUT2D eigenvalue weighted by Gasteiger charge is 2.17. The second kappa shape index (κ2) is 7.09. The van der Waals surface area contributed by atoms with Gasteiger partial charge in [-0.1, -0.05) is 0 Å². The molecular formula is C12H17N3O4S. The second-order valence-corrected chi connectivity index (χ2v) is 5.32. The number of aryl methyl sites for hydroxylation is 2. The van der Waals surface area contributed by atoms with Crippen LogP contribution in [0.15, 0.2) is 4.79 Å². The second-order valence-electron chi connectivity index (χ2n) is 4.22. The zero-order valence-corrected chi connectivity index (χ0v) is 12.4. The Labute approximate surface area is 120 Å². The number of hydrogen-bond acceptors (Lipinski definition) is 5. The van der Waals surface area contributed by atoms with Gasteiger partial charge in [-0.25, -0.2) is 4.68 Å². The van der Waals surface area contributed by atoms with Crippen molar-refractivity contribution < 1.29 is 14.7 Å². The molecule has 0 aliphatic carbocycles. The molecule has 1 amide bonds. The molecular weight excluding hydrogens is 282 g/mol. The Kier molecular flexibility index (Phi) is 5.75. The smallest absolute Gasteiger partial charge is 0.313 e. The zero-order chi connectivity index (χ0) is 15.3. The number of rotatable bonds is 6. The molecule has 0 fully saturated rings. The summed E-state index contributed by atoms with van der Waals surface area (Å²) in [4.78, 5) is 34.3. The number of amides is 1. The van der Waals surface area contributed by atoms with E-state index in [-0.39, 0.29) is 11.3 Å². The molecule has 0 atom stereocenters. The van der Waals surface area contributed by atoms with Gasteiger partial charge in [0.1, 0.15) is 5.56 Å². The number of carboxylic acids is 1. The molecule has 110 valence electrons. The molecule has 2 N–H and O–H groups in total. The number of nitrogens with one attached hydrogen (secondary N) is 1. The van der Waals surface area contributed by atoms with Gasteiger partial charge in [0.2, 0.25) is 0 Å². The van der Waals surface area contributed by atoms with Crippen molar-refractivity contribution in [2.24, 2.45) is 7.05 Å². The first kappa shape index (κ1) is 16.2. The lowest BCUT2D eigenvalue weighted by atomic mass is 10.1. The summed E-state index contributed by atoms with van der Waals surface area (Å²) >= 11 is 1.20. The van der Waals surface area contributed by atoms with Crippen LogP contribution in [0.4, 0.5) is 0 Å². The van der Waals surface area contributed by atoms with E-state index >= 15 is 0 Å². The maximum absolute atomic E-state index is 12.0. The predicted molar refractivity (Wildman–Crippen MR) is 76.2 cm³/mol. The standard InChI is InChI=1S/C12H17N3O4S/c1-7-8(2)14-15(3)12(19)10(7)11(18)13-4-5-20-6-9(16)17/h4-6H2,1-3H3,(H,13,18)(H,16,17). The van der Waals surface area contributed by atoms with Crippen LogP contribution in [0, 0.1) is 13.8 Å². The number of aliphatic carboxylic acids is 1. The number of nitrogens with zero attached hydrogens (tertiary/aromatic N) is 2. The number of aromatic nitrogens is 2. The number of hydrogen-bond donors (Lipinski definition) is 2. The lowest BCUT2D eigenvalue weighted by molar-refractivity contribution is -0.133. The van der Waals surface area contributed by atoms with Crippen molar-refractivity contribution in [2.75, 3.05) is 18.1 Å². The summed E-state index contributed by atoms with van der Waals surface area (Å²) in [7, 11) is 1.49. The molecule has 0 aliphatic rings. The first-order chi connectivity index (χ1) is 9.34. The van der Waals surface area contributed by atoms with E-state index in [0.29, 0.717) is 23.6 Å². The Hall–Kier alpha value is -1.83. The van der Waals surface area contributed by atoms with Crippen LogP contribution in [0.3, 0.4) is 0 Å². The minimum Gasteiger partial charge on any atom is -0.481 e. The Morgan fingerprint density at radius 2 is 2.05 bits per heavy atom. The Morgan fingerprint density at radius 3 is 2.65 bits per heavy atom. The fourth-order valence-corrected chi connectivity index (χ4v) is 2.17. The average Bonchev–Trinajstić information content (AvgIpc) is 2.36. The third-order valence-electron chi connectivity index (χ3n) is 2.71. The van der Waals surface area contributed by atoms with E-state index in [4.69, 9.17) is 5.11 Å². The average molecular weight is 299 g/mol. The lowest BCUT2D eigenvalue weighted by Gasteiger charge is -2.10. The topological polar surface area (TPSA) is 101 Å². The Morgan fingerprint density at radius 1 is 1.40 bits per heavy atom. The summed E-state index contributed by atoms with van der Waals surface area (Å²) in [6.45, 7) is 3.72. The maximum Gasteiger partial charge on any atom is 0.313 e. The van der Waals surface area contributed by atoms with Crippen molar-refractivity contribution in [3.8, 4) is 0 Å². The molecule has 0 bridgehead atoms. The number of carbonyl (C=O) groups excluding carboxylic acids is 1. The van der Waals surface area contributed by atoms with Gasteiger partial charge >= 0.3 is 5.97 Å². The molecule has 0 aromatic carbocycles. The van der Waals surface area contributed by atoms with Crippen molar-refractivity contribution in [1.29, 1.82) is 0 Å². The van der Waals surface area contributed by atoms with Gasteiger partial charge in [-0.15, -0.1) is 11.8 Å². The quantitative estimate of drug-likeness (QED) is 0.714. The van der Waals surface area contributed by atoms with E-state index in [9.17, 15) is 14.4 Å². The monoisotopic (exact) mass is 299 g/mol. The van der Waals surface area contributed by atoms with Crippen LogP contribution in [0.2, 0.25) is 0 Å². The number of thioether (sulfide) groups is 1. The van der Waals surface area contributed by atoms with Crippen molar-refractivity contribution in [1.82, 2.24) is 15.1 Å². The predicted octanol–water partition coefficient (Wildman–Crippen LogP) is -0.0553. The van der Waals surface area contributed by atoms with Crippen LogP contribution < -0.4 is 10.9 Å². The largest absolute Gasteiger partial charge is 0.481 e. The summed E-state index contributed by atoms with van der Waals surface area (Å²) in [5, 5.41) is 15.1. The van der Waals surface area contributed by atoms with E-state index in [0.717, 1.165) is 4.68 Å². The molecule has 8 heteroatoms. The molecule has 0 radical (unpaired) electrons. The van der Waals surface area contributed by atoms with Crippen molar-refractivity contribution in [3.05, 3.63) is 27.2 Å². The zero-order valence-electron chi connectivity index (χ0n) is 11.6. The minimum atomic E-state index is -0.893. The van der Waals surface area contributed by atoms with Crippen LogP contribution in [-0.2, 0) is 11.8 Å². The Balaban J connectivity index is 2.69. The first-order valence-corrected chi connectivity index (χ1v) is 7.12. The SMILES string of the molecule is Cc1nn(C)c(=O)c(C(=O)NCCSCC(=O)O)c1C. The highest BCUT2D eigenvalue weighted by molar-refractivity contribution is 7.99. The van der Waals surface area contributed by atoms with Crippen molar-refractivity contribution in [3.63, 3.8) is 0 Å². The van der Waals surface area contributed by atoms with E-state index in [1.54, 1.807) is 13.8 Å². The van der Waals surface area contributed by atoms with Gasteiger partial charge in [-0.3, -0.25) is 14.4 Å². The van der Waals surface area contributed by atoms with Gasteiger partial charge in [-0.05, 0) is 19.4 Å². The van der Waals surface area contributed by atoms with Crippen LogP contribution >= 0.6 is 11.8 Å². The third-order valence-corrected chi connectivity index (χ3v) is 3.65. The van der Waals surface area contributed by atoms with Gasteiger partial charge in [0.05, 0.1) is 11.4 Å². The summed E-state index contributed by atoms with van der Waals surface area (Å²) < 4.78 is 1.14. The third kappa shape index (κ3) is 4.09. The summed E-state index contributed by atoms with van der Waals surface area (Å²) in [5.41, 5.74) is 0.827. The van der Waals surface area contributed by atoms with Crippen LogP contribution in [-0.4, -0.2) is 44.8 Å². The van der Waals surface area contributed by atoms with Crippen molar-refractivity contribution in [2.45, 2.75) is 13.8 Å². The van der Waals surface area contributed by atoms with Crippen LogP contribution in [0.5, 0.6) is 0 Å². The lowest BCUT2D eigenvalue weighted by Crippen LogP contribution is -2.36. The van der Waals surface area contributed by atoms with Crippen LogP contribution in [0.1, 0.15) is 21.6 Å². The van der Waals surface area contributed by atoms with Gasteiger partial charge in [-0.2, -0.15) is 5.10 Å². The molecule has 0 aliphatic heterocycles. The fourth-order valence-electron chi connectivity index (χ4n) is 1.60. The molecule has 0 saturated carbocycles. The van der Waals surface area contributed by atoms with E-state index in [1.807, 2.05) is 0 Å². The normalized spacial score (nSPS) is 10.3. The Bertz CT molecular complexity index is 583. The highest BCUT2D eigenvalue weighted by atomic mass is 32.2. The molecule has 7 nitrogen and oxygen atoms in total. The van der Waals surface area contributed by atoms with E-state index in [2.05, 4.69) is 10.4 Å². The molecule has 0 spiro atoms. The molecule has 20 heavy (non-hydrogen) atoms. The molecule has 0 unspecified atom stereocenters. The van der Waals surface area contributed by atoms with Gasteiger partial charge in [0.25, 0.3) is 11.5 Å².